The summed E-state index contributed by atoms with van der Waals surface area (Å²) < 4.78 is 1.86. The summed E-state index contributed by atoms with van der Waals surface area (Å²) in [5.41, 5.74) is 3.32. The Balaban J connectivity index is 2.77. The summed E-state index contributed by atoms with van der Waals surface area (Å²) >= 11 is 0. The molecule has 1 heterocycles. The number of amidine groups is 1. The maximum atomic E-state index is 5.32. The van der Waals surface area contributed by atoms with Gasteiger partial charge in [-0.25, -0.2) is 10.8 Å². The molecule has 5 heteroatoms. The zero-order chi connectivity index (χ0) is 9.68. The lowest BCUT2D eigenvalue weighted by atomic mass is 10.4. The average Bonchev–Trinajstić information content (AvgIpc) is 2.54. The summed E-state index contributed by atoms with van der Waals surface area (Å²) in [5.74, 6) is 5.97. The van der Waals surface area contributed by atoms with E-state index < -0.39 is 0 Å². The van der Waals surface area contributed by atoms with Gasteiger partial charge in [0.05, 0.1) is 6.33 Å². The van der Waals surface area contributed by atoms with Crippen molar-refractivity contribution in [3.63, 3.8) is 0 Å². The van der Waals surface area contributed by atoms with E-state index in [1.807, 2.05) is 17.8 Å². The summed E-state index contributed by atoms with van der Waals surface area (Å²) in [6.07, 6.45) is 4.58. The van der Waals surface area contributed by atoms with Gasteiger partial charge in [-0.3, -0.25) is 4.99 Å². The molecule has 0 amide bonds. The van der Waals surface area contributed by atoms with Gasteiger partial charge in [-0.05, 0) is 6.42 Å². The van der Waals surface area contributed by atoms with E-state index in [1.54, 1.807) is 6.33 Å². The number of hydrazine groups is 1. The first-order valence-electron chi connectivity index (χ1n) is 4.27. The number of aryl methyl sites for hydroxylation is 1. The number of hydrogen-bond acceptors (Lipinski definition) is 3. The molecule has 1 rings (SSSR count). The van der Waals surface area contributed by atoms with Crippen LogP contribution in [0.25, 0.3) is 0 Å². The van der Waals surface area contributed by atoms with Gasteiger partial charge in [-0.15, -0.1) is 0 Å². The molecule has 0 unspecified atom stereocenters. The van der Waals surface area contributed by atoms with E-state index in [1.165, 1.54) is 0 Å². The Hall–Kier alpha value is -1.36. The summed E-state index contributed by atoms with van der Waals surface area (Å²) in [7, 11) is 1.91. The van der Waals surface area contributed by atoms with E-state index in [9.17, 15) is 0 Å². The van der Waals surface area contributed by atoms with E-state index in [-0.39, 0.29) is 0 Å². The number of nitrogens with one attached hydrogen (secondary N) is 1. The van der Waals surface area contributed by atoms with Crippen LogP contribution in [0.4, 0.5) is 0 Å². The Labute approximate surface area is 77.7 Å². The number of rotatable bonds is 3. The van der Waals surface area contributed by atoms with Crippen LogP contribution in [0.3, 0.4) is 0 Å². The molecule has 0 aliphatic carbocycles. The average molecular weight is 181 g/mol. The smallest absolute Gasteiger partial charge is 0.163 e. The third kappa shape index (κ3) is 2.55. The second-order valence-electron chi connectivity index (χ2n) is 2.80. The summed E-state index contributed by atoms with van der Waals surface area (Å²) in [6.45, 7) is 2.83. The quantitative estimate of drug-likeness (QED) is 0.299. The molecule has 0 aromatic carbocycles. The van der Waals surface area contributed by atoms with Crippen molar-refractivity contribution in [3.05, 3.63) is 18.2 Å². The van der Waals surface area contributed by atoms with Crippen LogP contribution in [0.5, 0.6) is 0 Å². The van der Waals surface area contributed by atoms with Crippen LogP contribution < -0.4 is 11.3 Å². The lowest BCUT2D eigenvalue weighted by molar-refractivity contribution is 0.903. The van der Waals surface area contributed by atoms with E-state index >= 15 is 0 Å². The number of imidazole rings is 1. The van der Waals surface area contributed by atoms with Crippen LogP contribution in [0.2, 0.25) is 0 Å². The molecule has 0 saturated heterocycles. The number of hydrogen-bond donors (Lipinski definition) is 2. The van der Waals surface area contributed by atoms with Gasteiger partial charge in [0.1, 0.15) is 5.69 Å². The normalized spacial score (nSPS) is 11.8. The third-order valence-corrected chi connectivity index (χ3v) is 1.58. The topological polar surface area (TPSA) is 68.2 Å². The van der Waals surface area contributed by atoms with Crippen molar-refractivity contribution in [3.8, 4) is 0 Å². The first-order valence-corrected chi connectivity index (χ1v) is 4.27. The molecule has 0 radical (unpaired) electrons. The molecule has 0 fully saturated rings. The summed E-state index contributed by atoms with van der Waals surface area (Å²) in [6, 6.07) is 0. The van der Waals surface area contributed by atoms with Crippen LogP contribution in [-0.2, 0) is 7.05 Å². The molecule has 0 atom stereocenters. The Bertz CT molecular complexity index is 288. The molecule has 13 heavy (non-hydrogen) atoms. The van der Waals surface area contributed by atoms with Crippen molar-refractivity contribution in [2.45, 2.75) is 13.3 Å². The van der Waals surface area contributed by atoms with E-state index in [2.05, 4.69) is 22.3 Å². The molecule has 0 saturated carbocycles. The van der Waals surface area contributed by atoms with Gasteiger partial charge in [0.15, 0.2) is 5.84 Å². The SMILES string of the molecule is CCCN=C(NN)c1cn(C)cn1. The van der Waals surface area contributed by atoms with Gasteiger partial charge in [0.25, 0.3) is 0 Å². The van der Waals surface area contributed by atoms with Crippen molar-refractivity contribution in [1.82, 2.24) is 15.0 Å². The highest BCUT2D eigenvalue weighted by Crippen LogP contribution is 1.95. The Morgan fingerprint density at radius 1 is 1.77 bits per heavy atom. The predicted octanol–water partition coefficient (Wildman–Crippen LogP) is 0.0400. The number of nitrogens with two attached hydrogens (primary N) is 1. The molecule has 0 spiro atoms. The van der Waals surface area contributed by atoms with Crippen molar-refractivity contribution < 1.29 is 0 Å². The molecular formula is C8H15N5. The second kappa shape index (κ2) is 4.61. The highest BCUT2D eigenvalue weighted by Gasteiger charge is 2.03. The van der Waals surface area contributed by atoms with Gasteiger partial charge in [0.2, 0.25) is 0 Å². The molecule has 5 nitrogen and oxygen atoms in total. The number of aromatic nitrogens is 2. The number of nitrogens with zero attached hydrogens (tertiary/aromatic N) is 3. The van der Waals surface area contributed by atoms with Crippen LogP contribution in [-0.4, -0.2) is 21.9 Å². The van der Waals surface area contributed by atoms with E-state index in [0.717, 1.165) is 18.7 Å². The highest BCUT2D eigenvalue weighted by molar-refractivity contribution is 5.96. The first kappa shape index (κ1) is 9.73. The second-order valence-corrected chi connectivity index (χ2v) is 2.80. The van der Waals surface area contributed by atoms with Crippen molar-refractivity contribution >= 4 is 5.84 Å². The fourth-order valence-corrected chi connectivity index (χ4v) is 0.959. The highest BCUT2D eigenvalue weighted by atomic mass is 15.3. The van der Waals surface area contributed by atoms with Crippen LogP contribution in [0, 0.1) is 0 Å². The Morgan fingerprint density at radius 3 is 3.00 bits per heavy atom. The predicted molar refractivity (Wildman–Crippen MR) is 52.2 cm³/mol. The van der Waals surface area contributed by atoms with Crippen molar-refractivity contribution in [2.75, 3.05) is 6.54 Å². The molecule has 1 aromatic heterocycles. The molecular weight excluding hydrogens is 166 g/mol. The zero-order valence-corrected chi connectivity index (χ0v) is 7.99. The maximum Gasteiger partial charge on any atom is 0.163 e. The molecule has 0 bridgehead atoms. The van der Waals surface area contributed by atoms with Gasteiger partial charge in [0, 0.05) is 19.8 Å². The van der Waals surface area contributed by atoms with Crippen molar-refractivity contribution in [2.24, 2.45) is 17.9 Å². The number of aliphatic imine (C=N–C) groups is 1. The zero-order valence-electron chi connectivity index (χ0n) is 7.99. The molecule has 72 valence electrons. The first-order chi connectivity index (χ1) is 6.27. The standard InChI is InChI=1S/C8H15N5/c1-3-4-10-8(12-9)7-5-13(2)6-11-7/h5-6H,3-4,9H2,1-2H3,(H,10,12). The minimum Gasteiger partial charge on any atom is -0.340 e. The fourth-order valence-electron chi connectivity index (χ4n) is 0.959. The van der Waals surface area contributed by atoms with Gasteiger partial charge >= 0.3 is 0 Å². The summed E-state index contributed by atoms with van der Waals surface area (Å²) in [4.78, 5) is 8.38. The third-order valence-electron chi connectivity index (χ3n) is 1.58. The van der Waals surface area contributed by atoms with E-state index in [4.69, 9.17) is 5.84 Å². The molecule has 1 aromatic rings. The van der Waals surface area contributed by atoms with E-state index in [0.29, 0.717) is 5.84 Å². The minimum atomic E-state index is 0.641. The minimum absolute atomic E-state index is 0.641. The molecule has 3 N–H and O–H groups in total. The maximum absolute atomic E-state index is 5.32. The monoisotopic (exact) mass is 181 g/mol. The van der Waals surface area contributed by atoms with Gasteiger partial charge < -0.3 is 9.99 Å². The Morgan fingerprint density at radius 2 is 2.54 bits per heavy atom. The van der Waals surface area contributed by atoms with Gasteiger partial charge in [-0.2, -0.15) is 0 Å². The largest absolute Gasteiger partial charge is 0.340 e. The van der Waals surface area contributed by atoms with Crippen LogP contribution in [0.1, 0.15) is 19.0 Å². The molecule has 0 aliphatic rings. The van der Waals surface area contributed by atoms with Crippen LogP contribution >= 0.6 is 0 Å². The van der Waals surface area contributed by atoms with Crippen LogP contribution in [0.15, 0.2) is 17.5 Å². The lowest BCUT2D eigenvalue weighted by Crippen LogP contribution is -2.31. The fraction of sp³-hybridized carbons (Fsp3) is 0.500. The lowest BCUT2D eigenvalue weighted by Gasteiger charge is -2.00. The summed E-state index contributed by atoms with van der Waals surface area (Å²) in [5, 5.41) is 0. The van der Waals surface area contributed by atoms with Gasteiger partial charge in [-0.1, -0.05) is 6.92 Å². The molecule has 0 aliphatic heterocycles. The Kier molecular flexibility index (Phi) is 3.45. The van der Waals surface area contributed by atoms with Crippen molar-refractivity contribution in [1.29, 1.82) is 0 Å².